The third-order valence-corrected chi connectivity index (χ3v) is 5.56. The zero-order chi connectivity index (χ0) is 21.3. The van der Waals surface area contributed by atoms with Crippen LogP contribution in [0.1, 0.15) is 23.7 Å². The maximum absolute atomic E-state index is 12.8. The summed E-state index contributed by atoms with van der Waals surface area (Å²) >= 11 is 0. The molecular weight excluding hydrogens is 378 g/mol. The summed E-state index contributed by atoms with van der Waals surface area (Å²) in [7, 11) is 1.64. The average Bonchev–Trinajstić information content (AvgIpc) is 2.71. The SMILES string of the molecule is COc1ccc2nc(NC3NC(=O)C(Cc4cccc(C)c4)C(C)N3)nc(C)c2c1. The van der Waals surface area contributed by atoms with E-state index < -0.39 is 6.29 Å². The molecule has 1 aliphatic heterocycles. The van der Waals surface area contributed by atoms with Gasteiger partial charge in [0.25, 0.3) is 0 Å². The number of hydrogen-bond donors (Lipinski definition) is 3. The molecule has 0 bridgehead atoms. The van der Waals surface area contributed by atoms with Crippen molar-refractivity contribution < 1.29 is 9.53 Å². The van der Waals surface area contributed by atoms with Crippen LogP contribution in [0.2, 0.25) is 0 Å². The fraction of sp³-hybridized carbons (Fsp3) is 0.348. The van der Waals surface area contributed by atoms with Gasteiger partial charge in [0.1, 0.15) is 5.75 Å². The number of nitrogens with one attached hydrogen (secondary N) is 3. The predicted octanol–water partition coefficient (Wildman–Crippen LogP) is 2.92. The van der Waals surface area contributed by atoms with Crippen LogP contribution in [0.25, 0.3) is 10.9 Å². The monoisotopic (exact) mass is 405 g/mol. The highest BCUT2D eigenvalue weighted by Crippen LogP contribution is 2.23. The second kappa shape index (κ2) is 8.28. The maximum Gasteiger partial charge on any atom is 0.227 e. The Balaban J connectivity index is 1.47. The summed E-state index contributed by atoms with van der Waals surface area (Å²) in [6, 6.07) is 14.0. The lowest BCUT2D eigenvalue weighted by Crippen LogP contribution is -2.63. The second-order valence-corrected chi connectivity index (χ2v) is 7.86. The van der Waals surface area contributed by atoms with Gasteiger partial charge in [0.15, 0.2) is 6.29 Å². The molecule has 7 nitrogen and oxygen atoms in total. The number of aromatic nitrogens is 2. The third kappa shape index (κ3) is 4.21. The van der Waals surface area contributed by atoms with Gasteiger partial charge in [-0.25, -0.2) is 9.97 Å². The molecule has 1 aromatic heterocycles. The standard InChI is InChI=1S/C23H27N5O2/c1-13-6-5-7-16(10-13)11-19-15(3)25-23(27-21(19)29)28-22-24-14(2)18-12-17(30-4)8-9-20(18)26-22/h5-10,12,15,19,23,25H,11H2,1-4H3,(H,27,29)(H,24,26,28). The highest BCUT2D eigenvalue weighted by Gasteiger charge is 2.33. The van der Waals surface area contributed by atoms with Crippen LogP contribution in [0.3, 0.4) is 0 Å². The molecule has 1 amide bonds. The van der Waals surface area contributed by atoms with Gasteiger partial charge in [-0.2, -0.15) is 0 Å². The number of amides is 1. The quantitative estimate of drug-likeness (QED) is 0.605. The summed E-state index contributed by atoms with van der Waals surface area (Å²) in [6.07, 6.45) is 0.262. The third-order valence-electron chi connectivity index (χ3n) is 5.56. The van der Waals surface area contributed by atoms with Crippen LogP contribution < -0.4 is 20.7 Å². The molecule has 4 rings (SSSR count). The average molecular weight is 406 g/mol. The molecule has 156 valence electrons. The van der Waals surface area contributed by atoms with Gasteiger partial charge in [-0.05, 0) is 51.0 Å². The van der Waals surface area contributed by atoms with Crippen LogP contribution in [0, 0.1) is 19.8 Å². The first kappa shape index (κ1) is 20.1. The first-order valence-electron chi connectivity index (χ1n) is 10.1. The van der Waals surface area contributed by atoms with Crippen molar-refractivity contribution in [3.63, 3.8) is 0 Å². The van der Waals surface area contributed by atoms with Crippen LogP contribution in [0.15, 0.2) is 42.5 Å². The lowest BCUT2D eigenvalue weighted by molar-refractivity contribution is -0.128. The van der Waals surface area contributed by atoms with Crippen LogP contribution >= 0.6 is 0 Å². The Hall–Kier alpha value is -3.19. The van der Waals surface area contributed by atoms with Gasteiger partial charge in [-0.3, -0.25) is 10.1 Å². The minimum Gasteiger partial charge on any atom is -0.497 e. The Morgan fingerprint density at radius 1 is 1.13 bits per heavy atom. The van der Waals surface area contributed by atoms with Gasteiger partial charge in [0.05, 0.1) is 24.2 Å². The number of carbonyl (C=O) groups is 1. The summed E-state index contributed by atoms with van der Waals surface area (Å²) in [6.45, 7) is 6.03. The number of rotatable bonds is 5. The summed E-state index contributed by atoms with van der Waals surface area (Å²) in [5.74, 6) is 1.11. The molecule has 2 heterocycles. The number of methoxy groups -OCH3 is 1. The topological polar surface area (TPSA) is 88.2 Å². The van der Waals surface area contributed by atoms with E-state index in [-0.39, 0.29) is 17.9 Å². The van der Waals surface area contributed by atoms with E-state index >= 15 is 0 Å². The molecule has 0 aliphatic carbocycles. The lowest BCUT2D eigenvalue weighted by atomic mass is 9.90. The van der Waals surface area contributed by atoms with Crippen molar-refractivity contribution in [3.05, 3.63) is 59.3 Å². The summed E-state index contributed by atoms with van der Waals surface area (Å²) < 4.78 is 5.28. The molecule has 2 aromatic carbocycles. The van der Waals surface area contributed by atoms with Crippen LogP contribution in [-0.4, -0.2) is 35.3 Å². The fourth-order valence-electron chi connectivity index (χ4n) is 3.92. The van der Waals surface area contributed by atoms with E-state index in [4.69, 9.17) is 4.74 Å². The molecular formula is C23H27N5O2. The minimum atomic E-state index is -0.434. The first-order chi connectivity index (χ1) is 14.4. The van der Waals surface area contributed by atoms with Gasteiger partial charge in [-0.1, -0.05) is 29.8 Å². The van der Waals surface area contributed by atoms with E-state index in [2.05, 4.69) is 51.0 Å². The van der Waals surface area contributed by atoms with Crippen molar-refractivity contribution in [1.29, 1.82) is 0 Å². The number of nitrogens with zero attached hydrogens (tertiary/aromatic N) is 2. The number of ether oxygens (including phenoxy) is 1. The number of fused-ring (bicyclic) bond motifs is 1. The zero-order valence-corrected chi connectivity index (χ0v) is 17.7. The maximum atomic E-state index is 12.8. The van der Waals surface area contributed by atoms with Gasteiger partial charge in [0.2, 0.25) is 11.9 Å². The Morgan fingerprint density at radius 2 is 1.97 bits per heavy atom. The minimum absolute atomic E-state index is 0.00239. The largest absolute Gasteiger partial charge is 0.497 e. The number of aryl methyl sites for hydroxylation is 2. The van der Waals surface area contributed by atoms with Gasteiger partial charge >= 0.3 is 0 Å². The number of carbonyl (C=O) groups excluding carboxylic acids is 1. The zero-order valence-electron chi connectivity index (χ0n) is 17.7. The van der Waals surface area contributed by atoms with Crippen molar-refractivity contribution >= 4 is 22.8 Å². The Labute approximate surface area is 176 Å². The normalized spacial score (nSPS) is 21.3. The van der Waals surface area contributed by atoms with E-state index in [0.29, 0.717) is 12.4 Å². The fourth-order valence-corrected chi connectivity index (χ4v) is 3.92. The van der Waals surface area contributed by atoms with Crippen LogP contribution in [-0.2, 0) is 11.2 Å². The Morgan fingerprint density at radius 3 is 2.70 bits per heavy atom. The molecule has 1 saturated heterocycles. The Kier molecular flexibility index (Phi) is 5.55. The van der Waals surface area contributed by atoms with E-state index in [9.17, 15) is 4.79 Å². The molecule has 3 atom stereocenters. The molecule has 3 unspecified atom stereocenters. The molecule has 0 radical (unpaired) electrons. The van der Waals surface area contributed by atoms with Crippen molar-refractivity contribution in [2.24, 2.45) is 5.92 Å². The van der Waals surface area contributed by atoms with Crippen molar-refractivity contribution in [3.8, 4) is 5.75 Å². The number of hydrogen-bond acceptors (Lipinski definition) is 6. The highest BCUT2D eigenvalue weighted by molar-refractivity contribution is 5.83. The van der Waals surface area contributed by atoms with Crippen molar-refractivity contribution in [2.45, 2.75) is 39.5 Å². The molecule has 0 spiro atoms. The number of anilines is 1. The smallest absolute Gasteiger partial charge is 0.227 e. The molecule has 1 aliphatic rings. The van der Waals surface area contributed by atoms with E-state index in [0.717, 1.165) is 22.3 Å². The summed E-state index contributed by atoms with van der Waals surface area (Å²) in [5, 5.41) is 10.6. The highest BCUT2D eigenvalue weighted by atomic mass is 16.5. The Bertz CT molecular complexity index is 1080. The van der Waals surface area contributed by atoms with Crippen LogP contribution in [0.4, 0.5) is 5.95 Å². The van der Waals surface area contributed by atoms with Gasteiger partial charge < -0.3 is 15.4 Å². The predicted molar refractivity (Wildman–Crippen MR) is 117 cm³/mol. The van der Waals surface area contributed by atoms with Crippen molar-refractivity contribution in [1.82, 2.24) is 20.6 Å². The molecule has 30 heavy (non-hydrogen) atoms. The summed E-state index contributed by atoms with van der Waals surface area (Å²) in [4.78, 5) is 21.9. The van der Waals surface area contributed by atoms with E-state index in [1.54, 1.807) is 7.11 Å². The van der Waals surface area contributed by atoms with Crippen LogP contribution in [0.5, 0.6) is 5.75 Å². The number of benzene rings is 2. The summed E-state index contributed by atoms with van der Waals surface area (Å²) in [5.41, 5.74) is 4.02. The molecule has 0 saturated carbocycles. The van der Waals surface area contributed by atoms with Gasteiger partial charge in [-0.15, -0.1) is 0 Å². The first-order valence-corrected chi connectivity index (χ1v) is 10.1. The van der Waals surface area contributed by atoms with Crippen molar-refractivity contribution in [2.75, 3.05) is 12.4 Å². The molecule has 7 heteroatoms. The van der Waals surface area contributed by atoms with E-state index in [1.807, 2.05) is 38.1 Å². The van der Waals surface area contributed by atoms with Gasteiger partial charge in [0, 0.05) is 11.4 Å². The molecule has 3 N–H and O–H groups in total. The van der Waals surface area contributed by atoms with E-state index in [1.165, 1.54) is 11.1 Å². The lowest BCUT2D eigenvalue weighted by Gasteiger charge is -2.36. The molecule has 3 aromatic rings. The molecule has 1 fully saturated rings. The second-order valence-electron chi connectivity index (χ2n) is 7.86.